The molecule has 0 aromatic carbocycles. The lowest BCUT2D eigenvalue weighted by atomic mass is 10.4. The summed E-state index contributed by atoms with van der Waals surface area (Å²) in [7, 11) is -3.15. The van der Waals surface area contributed by atoms with E-state index in [-0.39, 0.29) is 32.1 Å². The fourth-order valence-electron chi connectivity index (χ4n) is 1.30. The molecule has 19 heavy (non-hydrogen) atoms. The van der Waals surface area contributed by atoms with Crippen LogP contribution < -0.4 is 5.32 Å². The maximum absolute atomic E-state index is 12.3. The van der Waals surface area contributed by atoms with Gasteiger partial charge in [0.2, 0.25) is 0 Å². The molecule has 2 N–H and O–H groups in total. The standard InChI is InChI=1S/C12H28NO5P/c1-11(2)13-5-10-19(15,17-7-6-14)18-9-8-16-12(3)4/h11-14H,5-10H2,1-4H3. The summed E-state index contributed by atoms with van der Waals surface area (Å²) in [6, 6.07) is 0.315. The van der Waals surface area contributed by atoms with E-state index >= 15 is 0 Å². The zero-order valence-electron chi connectivity index (χ0n) is 12.4. The molecule has 7 heteroatoms. The van der Waals surface area contributed by atoms with Crippen LogP contribution in [0.2, 0.25) is 0 Å². The third-order valence-electron chi connectivity index (χ3n) is 2.14. The Hall–Kier alpha value is 0.0300. The van der Waals surface area contributed by atoms with Gasteiger partial charge in [0, 0.05) is 12.6 Å². The highest BCUT2D eigenvalue weighted by atomic mass is 31.2. The molecule has 1 atom stereocenters. The number of nitrogens with one attached hydrogen (secondary N) is 1. The molecule has 0 aromatic heterocycles. The molecule has 0 spiro atoms. The van der Waals surface area contributed by atoms with E-state index in [9.17, 15) is 4.57 Å². The second-order valence-corrected chi connectivity index (χ2v) is 6.94. The Morgan fingerprint density at radius 1 is 1.11 bits per heavy atom. The molecule has 6 nitrogen and oxygen atoms in total. The molecule has 0 aromatic rings. The van der Waals surface area contributed by atoms with Gasteiger partial charge in [-0.2, -0.15) is 0 Å². The van der Waals surface area contributed by atoms with E-state index in [1.165, 1.54) is 0 Å². The molecule has 0 radical (unpaired) electrons. The molecule has 0 saturated heterocycles. The summed E-state index contributed by atoms with van der Waals surface area (Å²) in [6.45, 7) is 8.86. The highest BCUT2D eigenvalue weighted by Crippen LogP contribution is 2.47. The van der Waals surface area contributed by atoms with Gasteiger partial charge in [0.25, 0.3) is 0 Å². The van der Waals surface area contributed by atoms with Crippen molar-refractivity contribution in [1.29, 1.82) is 0 Å². The number of aliphatic hydroxyl groups is 1. The smallest absolute Gasteiger partial charge is 0.332 e. The lowest BCUT2D eigenvalue weighted by Gasteiger charge is -2.19. The van der Waals surface area contributed by atoms with Crippen molar-refractivity contribution in [3.05, 3.63) is 0 Å². The van der Waals surface area contributed by atoms with Gasteiger partial charge in [-0.1, -0.05) is 13.8 Å². The average Bonchev–Trinajstić information content (AvgIpc) is 2.32. The molecule has 0 aliphatic rings. The van der Waals surface area contributed by atoms with E-state index in [1.807, 2.05) is 27.7 Å². The highest BCUT2D eigenvalue weighted by Gasteiger charge is 2.24. The molecule has 0 rings (SSSR count). The molecular weight excluding hydrogens is 269 g/mol. The van der Waals surface area contributed by atoms with Crippen LogP contribution in [0.3, 0.4) is 0 Å². The molecule has 0 saturated carbocycles. The van der Waals surface area contributed by atoms with Crippen molar-refractivity contribution in [2.24, 2.45) is 0 Å². The summed E-state index contributed by atoms with van der Waals surface area (Å²) in [6.07, 6.45) is 0.399. The summed E-state index contributed by atoms with van der Waals surface area (Å²) in [5.41, 5.74) is 0. The van der Waals surface area contributed by atoms with Crippen molar-refractivity contribution in [2.75, 3.05) is 39.1 Å². The van der Waals surface area contributed by atoms with Gasteiger partial charge in [-0.3, -0.25) is 4.57 Å². The van der Waals surface area contributed by atoms with Crippen LogP contribution in [0, 0.1) is 0 Å². The minimum absolute atomic E-state index is 0.0179. The van der Waals surface area contributed by atoms with E-state index in [0.717, 1.165) is 0 Å². The van der Waals surface area contributed by atoms with Crippen LogP contribution in [-0.4, -0.2) is 56.4 Å². The molecule has 116 valence electrons. The predicted molar refractivity (Wildman–Crippen MR) is 75.7 cm³/mol. The minimum Gasteiger partial charge on any atom is -0.394 e. The Labute approximate surface area is 116 Å². The zero-order valence-corrected chi connectivity index (χ0v) is 13.3. The first-order valence-electron chi connectivity index (χ1n) is 6.73. The molecule has 1 unspecified atom stereocenters. The summed E-state index contributed by atoms with van der Waals surface area (Å²) < 4.78 is 28.1. The van der Waals surface area contributed by atoms with Crippen molar-refractivity contribution in [2.45, 2.75) is 39.8 Å². The van der Waals surface area contributed by atoms with Crippen LogP contribution in [0.15, 0.2) is 0 Å². The first-order chi connectivity index (χ1) is 8.89. The lowest BCUT2D eigenvalue weighted by Crippen LogP contribution is -2.26. The maximum Gasteiger partial charge on any atom is 0.332 e. The summed E-state index contributed by atoms with van der Waals surface area (Å²) in [4.78, 5) is 0. The van der Waals surface area contributed by atoms with Gasteiger partial charge in [0.15, 0.2) is 0 Å². The van der Waals surface area contributed by atoms with E-state index in [1.54, 1.807) is 0 Å². The number of hydrogen-bond donors (Lipinski definition) is 2. The van der Waals surface area contributed by atoms with Crippen LogP contribution in [-0.2, 0) is 18.3 Å². The predicted octanol–water partition coefficient (Wildman–Crippen LogP) is 1.63. The lowest BCUT2D eigenvalue weighted by molar-refractivity contribution is 0.0490. The molecule has 0 fully saturated rings. The Balaban J connectivity index is 4.06. The maximum atomic E-state index is 12.3. The molecule has 0 aliphatic heterocycles. The van der Waals surface area contributed by atoms with Gasteiger partial charge in [0.1, 0.15) is 0 Å². The number of ether oxygens (including phenoxy) is 1. The molecule has 0 aliphatic carbocycles. The Morgan fingerprint density at radius 3 is 2.26 bits per heavy atom. The van der Waals surface area contributed by atoms with Gasteiger partial charge < -0.3 is 24.2 Å². The van der Waals surface area contributed by atoms with E-state index in [2.05, 4.69) is 5.32 Å². The van der Waals surface area contributed by atoms with E-state index in [4.69, 9.17) is 18.9 Å². The van der Waals surface area contributed by atoms with Crippen molar-refractivity contribution < 1.29 is 23.5 Å². The van der Waals surface area contributed by atoms with Gasteiger partial charge in [-0.05, 0) is 13.8 Å². The molecule has 0 bridgehead atoms. The van der Waals surface area contributed by atoms with Crippen LogP contribution in [0.4, 0.5) is 0 Å². The van der Waals surface area contributed by atoms with Gasteiger partial charge in [0.05, 0.1) is 38.7 Å². The van der Waals surface area contributed by atoms with Crippen molar-refractivity contribution in [3.63, 3.8) is 0 Å². The van der Waals surface area contributed by atoms with Crippen molar-refractivity contribution in [1.82, 2.24) is 5.32 Å². The molecule has 0 amide bonds. The largest absolute Gasteiger partial charge is 0.394 e. The van der Waals surface area contributed by atoms with Gasteiger partial charge >= 0.3 is 7.60 Å². The summed E-state index contributed by atoms with van der Waals surface area (Å²) in [5.74, 6) is 0. The minimum atomic E-state index is -3.15. The zero-order chi connectivity index (χ0) is 14.7. The highest BCUT2D eigenvalue weighted by molar-refractivity contribution is 7.53. The van der Waals surface area contributed by atoms with Crippen LogP contribution in [0.25, 0.3) is 0 Å². The van der Waals surface area contributed by atoms with Crippen LogP contribution in [0.1, 0.15) is 27.7 Å². The van der Waals surface area contributed by atoms with E-state index < -0.39 is 7.60 Å². The van der Waals surface area contributed by atoms with E-state index in [0.29, 0.717) is 19.2 Å². The quantitative estimate of drug-likeness (QED) is 0.421. The van der Waals surface area contributed by atoms with Gasteiger partial charge in [-0.25, -0.2) is 0 Å². The fraction of sp³-hybridized carbons (Fsp3) is 1.00. The van der Waals surface area contributed by atoms with Crippen LogP contribution in [0.5, 0.6) is 0 Å². The van der Waals surface area contributed by atoms with Crippen LogP contribution >= 0.6 is 7.60 Å². The number of rotatable bonds is 12. The number of aliphatic hydroxyl groups excluding tert-OH is 1. The monoisotopic (exact) mass is 297 g/mol. The summed E-state index contributed by atoms with van der Waals surface area (Å²) in [5, 5.41) is 11.9. The first kappa shape index (κ1) is 19.0. The third-order valence-corrected chi connectivity index (χ3v) is 4.06. The van der Waals surface area contributed by atoms with Gasteiger partial charge in [-0.15, -0.1) is 0 Å². The first-order valence-corrected chi connectivity index (χ1v) is 8.46. The molecular formula is C12H28NO5P. The summed E-state index contributed by atoms with van der Waals surface area (Å²) >= 11 is 0. The fourth-order valence-corrected chi connectivity index (χ4v) is 2.74. The average molecular weight is 297 g/mol. The molecule has 0 heterocycles. The Kier molecular flexibility index (Phi) is 10.8. The SMILES string of the molecule is CC(C)NCCP(=O)(OCCO)OCCOC(C)C. The Bertz CT molecular complexity index is 261. The second kappa shape index (κ2) is 10.8. The Morgan fingerprint density at radius 2 is 1.74 bits per heavy atom. The third kappa shape index (κ3) is 11.5. The second-order valence-electron chi connectivity index (χ2n) is 4.75. The van der Waals surface area contributed by atoms with Crippen molar-refractivity contribution >= 4 is 7.60 Å². The number of hydrogen-bond acceptors (Lipinski definition) is 6. The topological polar surface area (TPSA) is 77.0 Å². The van der Waals surface area contributed by atoms with Crippen molar-refractivity contribution in [3.8, 4) is 0 Å². The normalized spacial score (nSPS) is 15.1.